The van der Waals surface area contributed by atoms with E-state index in [-0.39, 0.29) is 12.1 Å². The Morgan fingerprint density at radius 2 is 2.07 bits per heavy atom. The molecule has 2 aliphatic heterocycles. The Hall–Kier alpha value is -2.63. The van der Waals surface area contributed by atoms with Gasteiger partial charge in [-0.15, -0.1) is 0 Å². The number of amidine groups is 1. The Labute approximate surface area is 172 Å². The van der Waals surface area contributed by atoms with Gasteiger partial charge >= 0.3 is 6.03 Å². The van der Waals surface area contributed by atoms with Gasteiger partial charge in [0.1, 0.15) is 11.5 Å². The molecule has 1 aromatic heterocycles. The Morgan fingerprint density at radius 1 is 1.24 bits per heavy atom. The van der Waals surface area contributed by atoms with E-state index in [0.29, 0.717) is 19.0 Å². The maximum Gasteiger partial charge on any atom is 0.331 e. The summed E-state index contributed by atoms with van der Waals surface area (Å²) in [6, 6.07) is 8.67. The topological polar surface area (TPSA) is 64.6 Å². The fraction of sp³-hybridized carbons (Fsp3) is 0.522. The van der Waals surface area contributed by atoms with E-state index in [1.165, 1.54) is 36.8 Å². The van der Waals surface area contributed by atoms with Gasteiger partial charge in [0.2, 0.25) is 0 Å². The summed E-state index contributed by atoms with van der Waals surface area (Å²) in [7, 11) is 0. The number of aryl methyl sites for hydroxylation is 1. The summed E-state index contributed by atoms with van der Waals surface area (Å²) in [5, 5.41) is 0. The van der Waals surface area contributed by atoms with Gasteiger partial charge in [0, 0.05) is 12.5 Å². The number of anilines is 1. The molecule has 3 heterocycles. The quantitative estimate of drug-likeness (QED) is 0.821. The van der Waals surface area contributed by atoms with Crippen LogP contribution in [0.1, 0.15) is 67.6 Å². The fourth-order valence-corrected chi connectivity index (χ4v) is 4.96. The number of imidazole rings is 1. The molecule has 0 radical (unpaired) electrons. The minimum absolute atomic E-state index is 0.0225. The summed E-state index contributed by atoms with van der Waals surface area (Å²) in [4.78, 5) is 30.4. The summed E-state index contributed by atoms with van der Waals surface area (Å²) in [6.45, 7) is 5.54. The second kappa shape index (κ2) is 7.32. The number of aromatic nitrogens is 2. The standard InChI is InChI=1S/C23H29N5O/c1-3-11-27-22-19(25-20(26-22)17-9-4-5-10-17)21-24-18(14-28(21)23(27)29)13-16-8-6-7-15(2)12-16/h6-8,12,17-18H,3-5,9-11,13-14H2,1-2H3,(H,25,26). The normalized spacial score (nSPS) is 21.5. The van der Waals surface area contributed by atoms with Crippen LogP contribution in [0.4, 0.5) is 10.6 Å². The first kappa shape index (κ1) is 18.4. The number of hydrogen-bond donors (Lipinski definition) is 1. The average molecular weight is 392 g/mol. The summed E-state index contributed by atoms with van der Waals surface area (Å²) in [5.74, 6) is 3.09. The van der Waals surface area contributed by atoms with Crippen molar-refractivity contribution in [2.45, 2.75) is 64.3 Å². The van der Waals surface area contributed by atoms with E-state index in [1.54, 1.807) is 0 Å². The molecule has 1 aromatic carbocycles. The number of aromatic amines is 1. The van der Waals surface area contributed by atoms with E-state index >= 15 is 0 Å². The zero-order chi connectivity index (χ0) is 20.0. The van der Waals surface area contributed by atoms with Crippen LogP contribution in [0.3, 0.4) is 0 Å². The third kappa shape index (κ3) is 3.24. The Bertz CT molecular complexity index is 956. The van der Waals surface area contributed by atoms with Crippen molar-refractivity contribution in [1.82, 2.24) is 14.9 Å². The first-order chi connectivity index (χ1) is 14.1. The predicted octanol–water partition coefficient (Wildman–Crippen LogP) is 4.40. The molecule has 5 rings (SSSR count). The Morgan fingerprint density at radius 3 is 2.83 bits per heavy atom. The van der Waals surface area contributed by atoms with Gasteiger partial charge in [0.25, 0.3) is 0 Å². The molecule has 1 aliphatic carbocycles. The highest BCUT2D eigenvalue weighted by Gasteiger charge is 2.42. The van der Waals surface area contributed by atoms with Crippen molar-refractivity contribution in [3.63, 3.8) is 0 Å². The average Bonchev–Trinajstić information content (AvgIpc) is 3.43. The molecule has 29 heavy (non-hydrogen) atoms. The number of amides is 2. The number of rotatable bonds is 5. The number of carbonyl (C=O) groups excluding carboxylic acids is 1. The lowest BCUT2D eigenvalue weighted by atomic mass is 10.0. The van der Waals surface area contributed by atoms with Crippen molar-refractivity contribution in [3.8, 4) is 0 Å². The van der Waals surface area contributed by atoms with Crippen molar-refractivity contribution in [2.75, 3.05) is 18.0 Å². The third-order valence-corrected chi connectivity index (χ3v) is 6.34. The highest BCUT2D eigenvalue weighted by atomic mass is 16.2. The van der Waals surface area contributed by atoms with Gasteiger partial charge in [-0.3, -0.25) is 14.8 Å². The molecular weight excluding hydrogens is 362 g/mol. The number of benzene rings is 1. The Balaban J connectivity index is 1.48. The lowest BCUT2D eigenvalue weighted by Crippen LogP contribution is -2.50. The van der Waals surface area contributed by atoms with E-state index in [0.717, 1.165) is 36.0 Å². The molecule has 6 heteroatoms. The molecule has 2 aromatic rings. The van der Waals surface area contributed by atoms with Crippen molar-refractivity contribution in [3.05, 3.63) is 46.9 Å². The molecule has 152 valence electrons. The summed E-state index contributed by atoms with van der Waals surface area (Å²) in [5.41, 5.74) is 3.47. The van der Waals surface area contributed by atoms with Crippen LogP contribution in [0.2, 0.25) is 0 Å². The van der Waals surface area contributed by atoms with E-state index in [9.17, 15) is 4.79 Å². The maximum absolute atomic E-state index is 13.3. The third-order valence-electron chi connectivity index (χ3n) is 6.34. The molecule has 1 atom stereocenters. The largest absolute Gasteiger partial charge is 0.337 e. The van der Waals surface area contributed by atoms with Crippen molar-refractivity contribution in [1.29, 1.82) is 0 Å². The zero-order valence-electron chi connectivity index (χ0n) is 17.3. The van der Waals surface area contributed by atoms with Crippen LogP contribution in [0.25, 0.3) is 0 Å². The number of hydrogen-bond acceptors (Lipinski definition) is 3. The highest BCUT2D eigenvalue weighted by molar-refractivity contribution is 6.18. The summed E-state index contributed by atoms with van der Waals surface area (Å²) in [6.07, 6.45) is 6.64. The van der Waals surface area contributed by atoms with Crippen LogP contribution in [0, 0.1) is 6.92 Å². The first-order valence-corrected chi connectivity index (χ1v) is 11.0. The van der Waals surface area contributed by atoms with Crippen LogP contribution in [0.5, 0.6) is 0 Å². The number of nitrogens with zero attached hydrogens (tertiary/aromatic N) is 4. The minimum Gasteiger partial charge on any atom is -0.337 e. The van der Waals surface area contributed by atoms with Gasteiger partial charge in [-0.25, -0.2) is 9.78 Å². The number of H-pyrrole nitrogens is 1. The second-order valence-electron chi connectivity index (χ2n) is 8.65. The Kier molecular flexibility index (Phi) is 4.64. The molecule has 0 spiro atoms. The van der Waals surface area contributed by atoms with Crippen LogP contribution in [-0.4, -0.2) is 45.9 Å². The number of aliphatic imine (C=N–C) groups is 1. The van der Waals surface area contributed by atoms with Gasteiger partial charge in [-0.05, 0) is 38.2 Å². The number of fused-ring (bicyclic) bond motifs is 3. The van der Waals surface area contributed by atoms with E-state index < -0.39 is 0 Å². The molecular formula is C23H29N5O. The van der Waals surface area contributed by atoms with Crippen molar-refractivity contribution in [2.24, 2.45) is 4.99 Å². The summed E-state index contributed by atoms with van der Waals surface area (Å²) >= 11 is 0. The predicted molar refractivity (Wildman–Crippen MR) is 115 cm³/mol. The van der Waals surface area contributed by atoms with Crippen LogP contribution in [-0.2, 0) is 6.42 Å². The molecule has 1 N–H and O–H groups in total. The molecule has 1 unspecified atom stereocenters. The zero-order valence-corrected chi connectivity index (χ0v) is 17.3. The van der Waals surface area contributed by atoms with Gasteiger partial charge < -0.3 is 4.98 Å². The lowest BCUT2D eigenvalue weighted by molar-refractivity contribution is 0.226. The van der Waals surface area contributed by atoms with Crippen molar-refractivity contribution >= 4 is 17.7 Å². The first-order valence-electron chi connectivity index (χ1n) is 11.0. The van der Waals surface area contributed by atoms with Gasteiger partial charge in [0.05, 0.1) is 12.6 Å². The van der Waals surface area contributed by atoms with Gasteiger partial charge in [0.15, 0.2) is 11.7 Å². The molecule has 0 bridgehead atoms. The van der Waals surface area contributed by atoms with Gasteiger partial charge in [-0.2, -0.15) is 0 Å². The van der Waals surface area contributed by atoms with Gasteiger partial charge in [-0.1, -0.05) is 49.6 Å². The molecule has 1 saturated carbocycles. The van der Waals surface area contributed by atoms with E-state index in [1.807, 2.05) is 9.80 Å². The van der Waals surface area contributed by atoms with Crippen molar-refractivity contribution < 1.29 is 4.79 Å². The SMILES string of the molecule is CCCN1C(=O)N2CC(Cc3cccc(C)c3)N=C2c2[nH]c(C3CCCC3)nc21. The molecule has 3 aliphatic rings. The van der Waals surface area contributed by atoms with E-state index in [2.05, 4.69) is 43.1 Å². The highest BCUT2D eigenvalue weighted by Crippen LogP contribution is 2.37. The smallest absolute Gasteiger partial charge is 0.331 e. The van der Waals surface area contributed by atoms with Crippen LogP contribution < -0.4 is 4.90 Å². The molecule has 2 amide bonds. The maximum atomic E-state index is 13.3. The van der Waals surface area contributed by atoms with Crippen LogP contribution >= 0.6 is 0 Å². The number of carbonyl (C=O) groups is 1. The summed E-state index contributed by atoms with van der Waals surface area (Å²) < 4.78 is 0. The second-order valence-corrected chi connectivity index (χ2v) is 8.65. The monoisotopic (exact) mass is 391 g/mol. The molecule has 6 nitrogen and oxygen atoms in total. The number of nitrogens with one attached hydrogen (secondary N) is 1. The van der Waals surface area contributed by atoms with E-state index in [4.69, 9.17) is 9.98 Å². The molecule has 1 fully saturated rings. The minimum atomic E-state index is 0.0225. The number of urea groups is 1. The van der Waals surface area contributed by atoms with Crippen LogP contribution in [0.15, 0.2) is 29.3 Å². The lowest BCUT2D eigenvalue weighted by Gasteiger charge is -2.32. The fourth-order valence-electron chi connectivity index (χ4n) is 4.96. The molecule has 0 saturated heterocycles.